The lowest BCUT2D eigenvalue weighted by Crippen LogP contribution is -2.35. The van der Waals surface area contributed by atoms with Gasteiger partial charge in [0.05, 0.1) is 12.8 Å². The van der Waals surface area contributed by atoms with E-state index >= 15 is 0 Å². The van der Waals surface area contributed by atoms with Crippen molar-refractivity contribution in [3.05, 3.63) is 47.5 Å². The summed E-state index contributed by atoms with van der Waals surface area (Å²) in [6.45, 7) is 6.71. The Kier molecular flexibility index (Phi) is 4.31. The van der Waals surface area contributed by atoms with Crippen molar-refractivity contribution < 1.29 is 4.74 Å². The van der Waals surface area contributed by atoms with Crippen molar-refractivity contribution in [1.29, 1.82) is 0 Å². The van der Waals surface area contributed by atoms with E-state index in [4.69, 9.17) is 4.74 Å². The molecule has 0 bridgehead atoms. The van der Waals surface area contributed by atoms with E-state index in [0.717, 1.165) is 32.8 Å². The van der Waals surface area contributed by atoms with Crippen molar-refractivity contribution in [3.63, 3.8) is 0 Å². The first-order valence-electron chi connectivity index (χ1n) is 7.46. The molecule has 112 valence electrons. The van der Waals surface area contributed by atoms with Crippen molar-refractivity contribution in [2.45, 2.75) is 32.5 Å². The third-order valence-electron chi connectivity index (χ3n) is 4.04. The maximum absolute atomic E-state index is 5.43. The molecule has 0 aromatic carbocycles. The molecule has 5 nitrogen and oxygen atoms in total. The van der Waals surface area contributed by atoms with Gasteiger partial charge in [-0.25, -0.2) is 0 Å². The van der Waals surface area contributed by atoms with Gasteiger partial charge in [0.2, 0.25) is 0 Å². The Bertz CT molecular complexity index is 581. The van der Waals surface area contributed by atoms with Gasteiger partial charge in [-0.05, 0) is 24.6 Å². The summed E-state index contributed by atoms with van der Waals surface area (Å²) in [6.07, 6.45) is 5.72. The highest BCUT2D eigenvalue weighted by atomic mass is 16.5. The van der Waals surface area contributed by atoms with Gasteiger partial charge in [-0.3, -0.25) is 14.6 Å². The fourth-order valence-corrected chi connectivity index (χ4v) is 3.18. The van der Waals surface area contributed by atoms with E-state index in [0.29, 0.717) is 5.92 Å². The van der Waals surface area contributed by atoms with E-state index in [1.54, 1.807) is 7.11 Å². The van der Waals surface area contributed by atoms with Gasteiger partial charge in [0.25, 0.3) is 0 Å². The molecule has 2 aromatic heterocycles. The molecule has 0 fully saturated rings. The molecular weight excluding hydrogens is 264 g/mol. The van der Waals surface area contributed by atoms with Crippen LogP contribution in [0.5, 0.6) is 0 Å². The Hall–Kier alpha value is -1.72. The second-order valence-electron chi connectivity index (χ2n) is 5.55. The molecule has 1 aliphatic rings. The van der Waals surface area contributed by atoms with Gasteiger partial charge in [0.1, 0.15) is 0 Å². The number of nitrogens with zero attached hydrogens (tertiary/aromatic N) is 4. The summed E-state index contributed by atoms with van der Waals surface area (Å²) < 4.78 is 7.54. The lowest BCUT2D eigenvalue weighted by Gasteiger charge is -2.33. The van der Waals surface area contributed by atoms with Crippen LogP contribution in [0.15, 0.2) is 30.7 Å². The molecule has 0 radical (unpaired) electrons. The zero-order valence-corrected chi connectivity index (χ0v) is 12.7. The van der Waals surface area contributed by atoms with Gasteiger partial charge in [0, 0.05) is 62.9 Å². The summed E-state index contributed by atoms with van der Waals surface area (Å²) in [4.78, 5) is 6.54. The smallest absolute Gasteiger partial charge is 0.0558 e. The van der Waals surface area contributed by atoms with E-state index in [2.05, 4.69) is 38.7 Å². The average Bonchev–Trinajstić information content (AvgIpc) is 2.92. The summed E-state index contributed by atoms with van der Waals surface area (Å²) >= 11 is 0. The summed E-state index contributed by atoms with van der Waals surface area (Å²) in [5.41, 5.74) is 3.98. The summed E-state index contributed by atoms with van der Waals surface area (Å²) in [5.74, 6) is 0.392. The molecular formula is C16H22N4O. The molecule has 1 unspecified atom stereocenters. The quantitative estimate of drug-likeness (QED) is 0.843. The predicted molar refractivity (Wildman–Crippen MR) is 80.9 cm³/mol. The van der Waals surface area contributed by atoms with Crippen LogP contribution in [0.4, 0.5) is 0 Å². The largest absolute Gasteiger partial charge is 0.384 e. The zero-order valence-electron chi connectivity index (χ0n) is 12.7. The number of hydrogen-bond donors (Lipinski definition) is 0. The van der Waals surface area contributed by atoms with Crippen molar-refractivity contribution in [2.75, 3.05) is 20.3 Å². The normalized spacial score (nSPS) is 18.7. The minimum absolute atomic E-state index is 0.392. The fraction of sp³-hybridized carbons (Fsp3) is 0.500. The molecule has 3 rings (SSSR count). The third-order valence-corrected chi connectivity index (χ3v) is 4.04. The first-order chi connectivity index (χ1) is 10.3. The van der Waals surface area contributed by atoms with Gasteiger partial charge in [-0.2, -0.15) is 5.10 Å². The molecule has 2 aromatic rings. The molecule has 0 saturated heterocycles. The van der Waals surface area contributed by atoms with Crippen molar-refractivity contribution >= 4 is 0 Å². The summed E-state index contributed by atoms with van der Waals surface area (Å²) in [7, 11) is 1.77. The Morgan fingerprint density at radius 1 is 1.33 bits per heavy atom. The standard InChI is InChI=1S/C16H22N4O/c1-3-20-16-14(8-18-20)10-19(11-15(16)12-21-2)9-13-4-6-17-7-5-13/h4-8,15H,3,9-12H2,1-2H3. The Balaban J connectivity index is 1.81. The number of aryl methyl sites for hydroxylation is 1. The van der Waals surface area contributed by atoms with E-state index in [1.807, 2.05) is 18.6 Å². The molecule has 0 aliphatic carbocycles. The highest BCUT2D eigenvalue weighted by Gasteiger charge is 2.28. The summed E-state index contributed by atoms with van der Waals surface area (Å²) in [5, 5.41) is 4.51. The van der Waals surface area contributed by atoms with E-state index < -0.39 is 0 Å². The first kappa shape index (κ1) is 14.2. The van der Waals surface area contributed by atoms with E-state index in [-0.39, 0.29) is 0 Å². The van der Waals surface area contributed by atoms with Gasteiger partial charge in [-0.1, -0.05) is 0 Å². The molecule has 0 N–H and O–H groups in total. The molecule has 1 aliphatic heterocycles. The minimum Gasteiger partial charge on any atom is -0.384 e. The predicted octanol–water partition coefficient (Wildman–Crippen LogP) is 2.04. The van der Waals surface area contributed by atoms with Crippen LogP contribution in [0.25, 0.3) is 0 Å². The van der Waals surface area contributed by atoms with Crippen LogP contribution in [0, 0.1) is 0 Å². The number of hydrogen-bond acceptors (Lipinski definition) is 4. The Morgan fingerprint density at radius 2 is 2.14 bits per heavy atom. The lowest BCUT2D eigenvalue weighted by atomic mass is 9.96. The molecule has 0 amide bonds. The number of pyridine rings is 1. The van der Waals surface area contributed by atoms with Crippen molar-refractivity contribution in [2.24, 2.45) is 0 Å². The van der Waals surface area contributed by atoms with Crippen molar-refractivity contribution in [1.82, 2.24) is 19.7 Å². The minimum atomic E-state index is 0.392. The molecule has 21 heavy (non-hydrogen) atoms. The molecule has 0 spiro atoms. The van der Waals surface area contributed by atoms with Crippen LogP contribution in [0.2, 0.25) is 0 Å². The second-order valence-corrected chi connectivity index (χ2v) is 5.55. The SMILES string of the molecule is CCn1ncc2c1C(COC)CN(Cc1ccncc1)C2. The van der Waals surface area contributed by atoms with Gasteiger partial charge < -0.3 is 4.74 Å². The molecule has 0 saturated carbocycles. The van der Waals surface area contributed by atoms with Gasteiger partial charge >= 0.3 is 0 Å². The van der Waals surface area contributed by atoms with E-state index in [1.165, 1.54) is 16.8 Å². The summed E-state index contributed by atoms with van der Waals surface area (Å²) in [6, 6.07) is 4.16. The van der Waals surface area contributed by atoms with Crippen LogP contribution in [-0.2, 0) is 24.4 Å². The average molecular weight is 286 g/mol. The van der Waals surface area contributed by atoms with Crippen LogP contribution < -0.4 is 0 Å². The Morgan fingerprint density at radius 3 is 2.86 bits per heavy atom. The number of fused-ring (bicyclic) bond motifs is 1. The monoisotopic (exact) mass is 286 g/mol. The van der Waals surface area contributed by atoms with Gasteiger partial charge in [0.15, 0.2) is 0 Å². The zero-order chi connectivity index (χ0) is 14.7. The van der Waals surface area contributed by atoms with Crippen molar-refractivity contribution in [3.8, 4) is 0 Å². The number of ether oxygens (including phenoxy) is 1. The maximum Gasteiger partial charge on any atom is 0.0558 e. The number of rotatable bonds is 5. The molecule has 3 heterocycles. The van der Waals surface area contributed by atoms with Crippen LogP contribution in [0.3, 0.4) is 0 Å². The van der Waals surface area contributed by atoms with Crippen LogP contribution in [0.1, 0.15) is 29.7 Å². The first-order valence-corrected chi connectivity index (χ1v) is 7.46. The molecule has 1 atom stereocenters. The van der Waals surface area contributed by atoms with Crippen LogP contribution >= 0.6 is 0 Å². The third kappa shape index (κ3) is 2.99. The lowest BCUT2D eigenvalue weighted by molar-refractivity contribution is 0.132. The number of methoxy groups -OCH3 is 1. The van der Waals surface area contributed by atoms with E-state index in [9.17, 15) is 0 Å². The topological polar surface area (TPSA) is 43.2 Å². The second kappa shape index (κ2) is 6.37. The number of aromatic nitrogens is 3. The van der Waals surface area contributed by atoms with Crippen LogP contribution in [-0.4, -0.2) is 39.9 Å². The molecule has 5 heteroatoms. The van der Waals surface area contributed by atoms with Gasteiger partial charge in [-0.15, -0.1) is 0 Å². The highest BCUT2D eigenvalue weighted by molar-refractivity contribution is 5.26. The fourth-order valence-electron chi connectivity index (χ4n) is 3.18. The highest BCUT2D eigenvalue weighted by Crippen LogP contribution is 2.29. The maximum atomic E-state index is 5.43. The Labute approximate surface area is 125 Å².